The number of hydrazine groups is 1. The summed E-state index contributed by atoms with van der Waals surface area (Å²) in [4.78, 5) is 14.4. The Morgan fingerprint density at radius 3 is 2.56 bits per heavy atom. The summed E-state index contributed by atoms with van der Waals surface area (Å²) in [7, 11) is 3.57. The normalized spacial score (nSPS) is 10.2. The zero-order valence-corrected chi connectivity index (χ0v) is 9.52. The fourth-order valence-electron chi connectivity index (χ4n) is 1.18. The van der Waals surface area contributed by atoms with E-state index in [2.05, 4.69) is 15.7 Å². The Labute approximate surface area is 93.6 Å². The van der Waals surface area contributed by atoms with Crippen molar-refractivity contribution >= 4 is 17.3 Å². The first kappa shape index (κ1) is 12.2. The van der Waals surface area contributed by atoms with E-state index in [-0.39, 0.29) is 5.69 Å². The van der Waals surface area contributed by atoms with Crippen LogP contribution in [-0.4, -0.2) is 35.6 Å². The molecule has 0 fully saturated rings. The molecule has 0 unspecified atom stereocenters. The molecule has 7 nitrogen and oxygen atoms in total. The van der Waals surface area contributed by atoms with Crippen LogP contribution in [0.15, 0.2) is 12.1 Å². The second-order valence-electron chi connectivity index (χ2n) is 3.39. The van der Waals surface area contributed by atoms with Crippen LogP contribution in [0, 0.1) is 10.1 Å². The Kier molecular flexibility index (Phi) is 4.01. The number of anilines is 2. The highest BCUT2D eigenvalue weighted by atomic mass is 16.6. The van der Waals surface area contributed by atoms with E-state index in [1.165, 1.54) is 12.1 Å². The molecule has 0 aliphatic carbocycles. The van der Waals surface area contributed by atoms with E-state index in [0.717, 1.165) is 0 Å². The SMILES string of the molecule is CCNc1cc([N+](=O)[O-])cc(NN(C)C)n1. The number of nitrogens with one attached hydrogen (secondary N) is 2. The van der Waals surface area contributed by atoms with Crippen molar-refractivity contribution in [3.63, 3.8) is 0 Å². The van der Waals surface area contributed by atoms with E-state index >= 15 is 0 Å². The monoisotopic (exact) mass is 225 g/mol. The molecule has 2 N–H and O–H groups in total. The van der Waals surface area contributed by atoms with Gasteiger partial charge in [0.05, 0.1) is 17.1 Å². The first-order valence-corrected chi connectivity index (χ1v) is 4.87. The van der Waals surface area contributed by atoms with Gasteiger partial charge in [-0.3, -0.25) is 10.1 Å². The van der Waals surface area contributed by atoms with E-state index in [1.807, 2.05) is 6.92 Å². The van der Waals surface area contributed by atoms with Gasteiger partial charge >= 0.3 is 0 Å². The maximum atomic E-state index is 10.7. The van der Waals surface area contributed by atoms with Crippen LogP contribution in [0.3, 0.4) is 0 Å². The van der Waals surface area contributed by atoms with Gasteiger partial charge < -0.3 is 10.7 Å². The lowest BCUT2D eigenvalue weighted by molar-refractivity contribution is -0.384. The van der Waals surface area contributed by atoms with Crippen molar-refractivity contribution in [1.29, 1.82) is 0 Å². The largest absolute Gasteiger partial charge is 0.370 e. The van der Waals surface area contributed by atoms with Crippen LogP contribution in [0.4, 0.5) is 17.3 Å². The van der Waals surface area contributed by atoms with Crippen LogP contribution < -0.4 is 10.7 Å². The molecule has 88 valence electrons. The van der Waals surface area contributed by atoms with Crippen LogP contribution in [0.5, 0.6) is 0 Å². The van der Waals surface area contributed by atoms with Crippen LogP contribution in [0.25, 0.3) is 0 Å². The van der Waals surface area contributed by atoms with Gasteiger partial charge in [-0.25, -0.2) is 9.99 Å². The molecule has 0 aliphatic heterocycles. The van der Waals surface area contributed by atoms with Crippen molar-refractivity contribution in [2.45, 2.75) is 6.92 Å². The molecule has 1 rings (SSSR count). The number of nitro groups is 1. The van der Waals surface area contributed by atoms with Gasteiger partial charge in [-0.05, 0) is 6.92 Å². The first-order valence-electron chi connectivity index (χ1n) is 4.87. The molecule has 0 spiro atoms. The van der Waals surface area contributed by atoms with E-state index < -0.39 is 4.92 Å². The summed E-state index contributed by atoms with van der Waals surface area (Å²) < 4.78 is 0. The molecule has 0 amide bonds. The van der Waals surface area contributed by atoms with Crippen molar-refractivity contribution in [2.24, 2.45) is 0 Å². The van der Waals surface area contributed by atoms with Crippen LogP contribution in [0.2, 0.25) is 0 Å². The average molecular weight is 225 g/mol. The fourth-order valence-corrected chi connectivity index (χ4v) is 1.18. The first-order chi connectivity index (χ1) is 7.52. The Bertz CT molecular complexity index is 380. The molecule has 0 atom stereocenters. The summed E-state index contributed by atoms with van der Waals surface area (Å²) in [6.45, 7) is 2.56. The molecule has 1 aromatic rings. The highest BCUT2D eigenvalue weighted by Crippen LogP contribution is 2.20. The molecular formula is C9H15N5O2. The van der Waals surface area contributed by atoms with Gasteiger partial charge in [0.1, 0.15) is 11.6 Å². The molecule has 0 aliphatic rings. The van der Waals surface area contributed by atoms with Crippen molar-refractivity contribution in [3.05, 3.63) is 22.2 Å². The summed E-state index contributed by atoms with van der Waals surface area (Å²) in [5.74, 6) is 0.927. The third-order valence-electron chi connectivity index (χ3n) is 1.72. The summed E-state index contributed by atoms with van der Waals surface area (Å²) in [6, 6.07) is 2.80. The minimum absolute atomic E-state index is 0.00954. The summed E-state index contributed by atoms with van der Waals surface area (Å²) in [5, 5.41) is 15.3. The molecule has 1 aromatic heterocycles. The molecule has 0 saturated heterocycles. The quantitative estimate of drug-likeness (QED) is 0.580. The average Bonchev–Trinajstić information content (AvgIpc) is 2.16. The zero-order valence-electron chi connectivity index (χ0n) is 9.52. The van der Waals surface area contributed by atoms with E-state index in [0.29, 0.717) is 18.2 Å². The van der Waals surface area contributed by atoms with Crippen molar-refractivity contribution in [1.82, 2.24) is 9.99 Å². The highest BCUT2D eigenvalue weighted by Gasteiger charge is 2.10. The predicted molar refractivity (Wildman–Crippen MR) is 62.4 cm³/mol. The minimum atomic E-state index is -0.441. The molecule has 0 aromatic carbocycles. The van der Waals surface area contributed by atoms with Crippen LogP contribution >= 0.6 is 0 Å². The summed E-state index contributed by atoms with van der Waals surface area (Å²) in [6.07, 6.45) is 0. The minimum Gasteiger partial charge on any atom is -0.370 e. The fraction of sp³-hybridized carbons (Fsp3) is 0.444. The van der Waals surface area contributed by atoms with Gasteiger partial charge in [-0.2, -0.15) is 0 Å². The lowest BCUT2D eigenvalue weighted by atomic mass is 10.3. The second-order valence-corrected chi connectivity index (χ2v) is 3.39. The van der Waals surface area contributed by atoms with Gasteiger partial charge in [0, 0.05) is 20.6 Å². The predicted octanol–water partition coefficient (Wildman–Crippen LogP) is 1.31. The maximum Gasteiger partial charge on any atom is 0.276 e. The Morgan fingerprint density at radius 1 is 1.44 bits per heavy atom. The number of nitrogens with zero attached hydrogens (tertiary/aromatic N) is 3. The van der Waals surface area contributed by atoms with E-state index in [4.69, 9.17) is 0 Å². The van der Waals surface area contributed by atoms with E-state index in [9.17, 15) is 10.1 Å². The van der Waals surface area contributed by atoms with Crippen LogP contribution in [-0.2, 0) is 0 Å². The summed E-state index contributed by atoms with van der Waals surface area (Å²) >= 11 is 0. The lowest BCUT2D eigenvalue weighted by Crippen LogP contribution is -2.20. The number of hydrogen-bond donors (Lipinski definition) is 2. The van der Waals surface area contributed by atoms with Gasteiger partial charge in [0.2, 0.25) is 0 Å². The Morgan fingerprint density at radius 2 is 2.06 bits per heavy atom. The summed E-state index contributed by atoms with van der Waals surface area (Å²) in [5.41, 5.74) is 2.89. The molecule has 7 heteroatoms. The van der Waals surface area contributed by atoms with Crippen molar-refractivity contribution in [3.8, 4) is 0 Å². The van der Waals surface area contributed by atoms with Gasteiger partial charge in [0.25, 0.3) is 5.69 Å². The number of rotatable bonds is 5. The van der Waals surface area contributed by atoms with Gasteiger partial charge in [0.15, 0.2) is 0 Å². The maximum absolute atomic E-state index is 10.7. The Balaban J connectivity index is 3.03. The lowest BCUT2D eigenvalue weighted by Gasteiger charge is -2.13. The number of aromatic nitrogens is 1. The molecular weight excluding hydrogens is 210 g/mol. The Hall–Kier alpha value is -1.89. The third kappa shape index (κ3) is 3.35. The van der Waals surface area contributed by atoms with Crippen molar-refractivity contribution < 1.29 is 4.92 Å². The molecule has 0 radical (unpaired) electrons. The molecule has 0 bridgehead atoms. The molecule has 16 heavy (non-hydrogen) atoms. The highest BCUT2D eigenvalue weighted by molar-refractivity contribution is 5.54. The second kappa shape index (κ2) is 5.26. The zero-order chi connectivity index (χ0) is 12.1. The molecule has 1 heterocycles. The topological polar surface area (TPSA) is 83.3 Å². The van der Waals surface area contributed by atoms with Crippen LogP contribution in [0.1, 0.15) is 6.92 Å². The third-order valence-corrected chi connectivity index (χ3v) is 1.72. The number of hydrogen-bond acceptors (Lipinski definition) is 6. The van der Waals surface area contributed by atoms with Crippen molar-refractivity contribution in [2.75, 3.05) is 31.4 Å². The smallest absolute Gasteiger partial charge is 0.276 e. The standard InChI is InChI=1S/C9H15N5O2/c1-4-10-8-5-7(14(15)16)6-9(11-8)12-13(2)3/h5-6H,4H2,1-3H3,(H2,10,11,12). The molecule has 0 saturated carbocycles. The number of pyridine rings is 1. The van der Waals surface area contributed by atoms with E-state index in [1.54, 1.807) is 19.1 Å². The van der Waals surface area contributed by atoms with Gasteiger partial charge in [-0.1, -0.05) is 0 Å². The van der Waals surface area contributed by atoms with Gasteiger partial charge in [-0.15, -0.1) is 0 Å².